The third kappa shape index (κ3) is 3.38. The van der Waals surface area contributed by atoms with Crippen molar-refractivity contribution in [3.05, 3.63) is 69.8 Å². The van der Waals surface area contributed by atoms with Gasteiger partial charge in [0.15, 0.2) is 0 Å². The summed E-state index contributed by atoms with van der Waals surface area (Å²) in [4.78, 5) is 27.2. The summed E-state index contributed by atoms with van der Waals surface area (Å²) in [6.45, 7) is -0.0196. The van der Waals surface area contributed by atoms with Crippen LogP contribution >= 0.6 is 23.2 Å². The Labute approximate surface area is 142 Å². The number of carbonyl (C=O) groups is 2. The highest BCUT2D eigenvalue weighted by Gasteiger charge is 2.21. The van der Waals surface area contributed by atoms with E-state index >= 15 is 0 Å². The van der Waals surface area contributed by atoms with E-state index < -0.39 is 11.8 Å². The average Bonchev–Trinajstić information content (AvgIpc) is 2.95. The highest BCUT2D eigenvalue weighted by atomic mass is 35.5. The molecule has 0 unspecified atom stereocenters. The van der Waals surface area contributed by atoms with Crippen LogP contribution in [0.3, 0.4) is 0 Å². The summed E-state index contributed by atoms with van der Waals surface area (Å²) in [6.07, 6.45) is 1.48. The lowest BCUT2D eigenvalue weighted by Gasteiger charge is -2.04. The fourth-order valence-electron chi connectivity index (χ4n) is 2.23. The molecule has 116 valence electrons. The Bertz CT molecular complexity index is 902. The van der Waals surface area contributed by atoms with E-state index in [0.717, 1.165) is 5.52 Å². The Balaban J connectivity index is 1.76. The van der Waals surface area contributed by atoms with E-state index in [0.29, 0.717) is 21.0 Å². The Morgan fingerprint density at radius 2 is 1.83 bits per heavy atom. The molecule has 3 rings (SSSR count). The Morgan fingerprint density at radius 1 is 1.04 bits per heavy atom. The van der Waals surface area contributed by atoms with Gasteiger partial charge in [-0.05, 0) is 35.9 Å². The number of nitrogens with one attached hydrogen (secondary N) is 1. The van der Waals surface area contributed by atoms with Gasteiger partial charge in [-0.2, -0.15) is 0 Å². The van der Waals surface area contributed by atoms with E-state index in [9.17, 15) is 9.59 Å². The zero-order valence-electron chi connectivity index (χ0n) is 11.8. The van der Waals surface area contributed by atoms with Crippen LogP contribution in [-0.2, 0) is 16.1 Å². The minimum Gasteiger partial charge on any atom is -0.455 e. The smallest absolute Gasteiger partial charge is 0.380 e. The summed E-state index contributed by atoms with van der Waals surface area (Å²) in [5.74, 6) is -1.65. The van der Waals surface area contributed by atoms with Crippen LogP contribution in [0.25, 0.3) is 10.9 Å². The molecule has 0 amide bonds. The maximum atomic E-state index is 12.3. The molecule has 3 aromatic rings. The van der Waals surface area contributed by atoms with Crippen LogP contribution in [0.4, 0.5) is 0 Å². The van der Waals surface area contributed by atoms with Crippen molar-refractivity contribution in [3.63, 3.8) is 0 Å². The fraction of sp³-hybridized carbons (Fsp3) is 0.0588. The molecule has 4 nitrogen and oxygen atoms in total. The van der Waals surface area contributed by atoms with Crippen molar-refractivity contribution < 1.29 is 14.3 Å². The normalized spacial score (nSPS) is 10.7. The fourth-order valence-corrected chi connectivity index (χ4v) is 2.62. The molecule has 0 aliphatic carbocycles. The zero-order valence-corrected chi connectivity index (χ0v) is 13.3. The van der Waals surface area contributed by atoms with E-state index in [1.807, 2.05) is 0 Å². The number of hydrogen-bond acceptors (Lipinski definition) is 3. The molecule has 0 spiro atoms. The molecule has 23 heavy (non-hydrogen) atoms. The highest BCUT2D eigenvalue weighted by Crippen LogP contribution is 2.23. The molecule has 0 radical (unpaired) electrons. The van der Waals surface area contributed by atoms with Crippen molar-refractivity contribution in [2.75, 3.05) is 0 Å². The van der Waals surface area contributed by atoms with E-state index in [2.05, 4.69) is 4.98 Å². The van der Waals surface area contributed by atoms with Crippen LogP contribution in [0.15, 0.2) is 48.7 Å². The predicted octanol–water partition coefficient (Wildman–Crippen LogP) is 4.40. The lowest BCUT2D eigenvalue weighted by Crippen LogP contribution is -2.17. The molecule has 1 aromatic heterocycles. The summed E-state index contributed by atoms with van der Waals surface area (Å²) in [5.41, 5.74) is 1.67. The Kier molecular flexibility index (Phi) is 4.37. The van der Waals surface area contributed by atoms with Crippen molar-refractivity contribution in [2.24, 2.45) is 0 Å². The quantitative estimate of drug-likeness (QED) is 0.432. The topological polar surface area (TPSA) is 59.2 Å². The molecular formula is C17H11Cl2NO3. The van der Waals surface area contributed by atoms with Crippen molar-refractivity contribution in [1.29, 1.82) is 0 Å². The number of carbonyl (C=O) groups excluding carboxylic acids is 2. The van der Waals surface area contributed by atoms with Crippen LogP contribution < -0.4 is 0 Å². The van der Waals surface area contributed by atoms with E-state index in [1.54, 1.807) is 42.5 Å². The predicted molar refractivity (Wildman–Crippen MR) is 88.9 cm³/mol. The summed E-state index contributed by atoms with van der Waals surface area (Å²) in [7, 11) is 0. The first-order valence-corrected chi connectivity index (χ1v) is 7.53. The van der Waals surface area contributed by atoms with Gasteiger partial charge in [0.05, 0.1) is 5.56 Å². The molecule has 1 N–H and O–H groups in total. The number of H-pyrrole nitrogens is 1. The number of aromatic nitrogens is 1. The Hall–Kier alpha value is -2.30. The van der Waals surface area contributed by atoms with Gasteiger partial charge in [-0.3, -0.25) is 4.79 Å². The molecule has 6 heteroatoms. The Morgan fingerprint density at radius 3 is 2.61 bits per heavy atom. The van der Waals surface area contributed by atoms with E-state index in [4.69, 9.17) is 27.9 Å². The molecule has 0 aliphatic rings. The number of esters is 1. The molecule has 0 bridgehead atoms. The van der Waals surface area contributed by atoms with Gasteiger partial charge < -0.3 is 9.72 Å². The first-order valence-electron chi connectivity index (χ1n) is 6.77. The van der Waals surface area contributed by atoms with Crippen LogP contribution in [0, 0.1) is 0 Å². The number of fused-ring (bicyclic) bond motifs is 1. The molecule has 0 aliphatic heterocycles. The van der Waals surface area contributed by atoms with Gasteiger partial charge in [0, 0.05) is 27.1 Å². The zero-order chi connectivity index (χ0) is 16.4. The highest BCUT2D eigenvalue weighted by molar-refractivity contribution is 6.43. The third-order valence-corrected chi connectivity index (χ3v) is 3.80. The summed E-state index contributed by atoms with van der Waals surface area (Å²) in [5, 5.41) is 1.61. The molecule has 0 fully saturated rings. The summed E-state index contributed by atoms with van der Waals surface area (Å²) in [6, 6.07) is 12.0. The second-order valence-electron chi connectivity index (χ2n) is 4.93. The van der Waals surface area contributed by atoms with Gasteiger partial charge in [-0.25, -0.2) is 4.79 Å². The lowest BCUT2D eigenvalue weighted by atomic mass is 10.1. The lowest BCUT2D eigenvalue weighted by molar-refractivity contribution is -0.139. The van der Waals surface area contributed by atoms with Gasteiger partial charge in [0.2, 0.25) is 0 Å². The largest absolute Gasteiger partial charge is 0.455 e. The van der Waals surface area contributed by atoms with Gasteiger partial charge in [0.25, 0.3) is 5.78 Å². The molecule has 0 saturated carbocycles. The maximum absolute atomic E-state index is 12.3. The monoisotopic (exact) mass is 347 g/mol. The van der Waals surface area contributed by atoms with Gasteiger partial charge in [-0.1, -0.05) is 35.3 Å². The van der Waals surface area contributed by atoms with Crippen LogP contribution in [0.5, 0.6) is 0 Å². The molecule has 0 saturated heterocycles. The summed E-state index contributed by atoms with van der Waals surface area (Å²) < 4.78 is 5.05. The van der Waals surface area contributed by atoms with Crippen molar-refractivity contribution >= 4 is 45.9 Å². The van der Waals surface area contributed by atoms with Crippen LogP contribution in [-0.4, -0.2) is 16.7 Å². The molecule has 2 aromatic carbocycles. The van der Waals surface area contributed by atoms with Crippen LogP contribution in [0.1, 0.15) is 15.9 Å². The number of hydrogen-bond donors (Lipinski definition) is 1. The number of benzene rings is 2. The van der Waals surface area contributed by atoms with Gasteiger partial charge in [-0.15, -0.1) is 0 Å². The third-order valence-electron chi connectivity index (χ3n) is 3.33. The second kappa shape index (κ2) is 6.44. The first kappa shape index (κ1) is 15.6. The maximum Gasteiger partial charge on any atom is 0.380 e. The molecular weight excluding hydrogens is 337 g/mol. The number of rotatable bonds is 4. The minimum absolute atomic E-state index is 0.0196. The number of ketones is 1. The first-order chi connectivity index (χ1) is 11.0. The molecule has 0 atom stereocenters. The van der Waals surface area contributed by atoms with E-state index in [-0.39, 0.29) is 12.2 Å². The average molecular weight is 348 g/mol. The van der Waals surface area contributed by atoms with Crippen LogP contribution in [0.2, 0.25) is 10.0 Å². The van der Waals surface area contributed by atoms with Gasteiger partial charge in [0.1, 0.15) is 6.61 Å². The second-order valence-corrected chi connectivity index (χ2v) is 5.80. The van der Waals surface area contributed by atoms with Crippen molar-refractivity contribution in [1.82, 2.24) is 4.98 Å². The van der Waals surface area contributed by atoms with Crippen molar-refractivity contribution in [3.8, 4) is 0 Å². The number of halogens is 2. The minimum atomic E-state index is -0.925. The summed E-state index contributed by atoms with van der Waals surface area (Å²) >= 11 is 11.8. The van der Waals surface area contributed by atoms with Crippen molar-refractivity contribution in [2.45, 2.75) is 6.61 Å². The number of Topliss-reactive ketones (excluding diaryl/α,β-unsaturated/α-hetero) is 1. The van der Waals surface area contributed by atoms with E-state index in [1.165, 1.54) is 6.20 Å². The SMILES string of the molecule is O=C(OCc1cccc(Cl)c1)C(=O)c1c[nH]c2ccc(Cl)cc12. The standard InChI is InChI=1S/C17H11Cl2NO3/c18-11-3-1-2-10(6-11)9-23-17(22)16(21)14-8-20-15-5-4-12(19)7-13(14)15/h1-8,20H,9H2. The van der Waals surface area contributed by atoms with Gasteiger partial charge >= 0.3 is 5.97 Å². The number of aromatic amines is 1. The number of ether oxygens (including phenoxy) is 1. The molecule has 1 heterocycles.